The summed E-state index contributed by atoms with van der Waals surface area (Å²) in [6.45, 7) is -1.43. The molecule has 1 unspecified atom stereocenters. The minimum Gasteiger partial charge on any atom is -0.448 e. The van der Waals surface area contributed by atoms with Gasteiger partial charge in [0, 0.05) is 13.2 Å². The van der Waals surface area contributed by atoms with Gasteiger partial charge in [-0.1, -0.05) is 0 Å². The normalized spacial score (nSPS) is 27.2. The predicted octanol–water partition coefficient (Wildman–Crippen LogP) is 1.48. The summed E-state index contributed by atoms with van der Waals surface area (Å²) in [4.78, 5) is 1.43. The first kappa shape index (κ1) is 10.9. The fourth-order valence-corrected chi connectivity index (χ4v) is 1.54. The van der Waals surface area contributed by atoms with Crippen molar-refractivity contribution in [3.05, 3.63) is 0 Å². The third-order valence-corrected chi connectivity index (χ3v) is 2.00. The number of hydrogen-bond acceptors (Lipinski definition) is 2. The summed E-state index contributed by atoms with van der Waals surface area (Å²) in [6.07, 6.45) is -0.148. The van der Waals surface area contributed by atoms with E-state index in [1.165, 1.54) is 4.90 Å². The van der Waals surface area contributed by atoms with Crippen LogP contribution in [0, 0.1) is 0 Å². The molecule has 0 saturated carbocycles. The van der Waals surface area contributed by atoms with Crippen LogP contribution in [0.5, 0.6) is 0 Å². The van der Waals surface area contributed by atoms with Gasteiger partial charge in [0.25, 0.3) is 0 Å². The first-order valence-corrected chi connectivity index (χ1v) is 4.52. The van der Waals surface area contributed by atoms with Gasteiger partial charge in [-0.05, 0) is 26.3 Å². The Bertz CT molecular complexity index is 164. The quantitative estimate of drug-likeness (QED) is 0.620. The van der Waals surface area contributed by atoms with E-state index in [2.05, 4.69) is 0 Å². The largest absolute Gasteiger partial charge is 0.492 e. The lowest BCUT2D eigenvalue weighted by Crippen LogP contribution is -2.40. The maximum absolute atomic E-state index is 12.1. The highest BCUT2D eigenvalue weighted by Gasteiger charge is 2.27. The summed E-state index contributed by atoms with van der Waals surface area (Å²) < 4.78 is 41.5. The molecule has 0 amide bonds. The van der Waals surface area contributed by atoms with Gasteiger partial charge in [0.2, 0.25) is 0 Å². The SMILES string of the molecule is CC1CN(C[B-](F)(F)F)CCCO1. The summed E-state index contributed by atoms with van der Waals surface area (Å²) in [5.74, 6) is 0. The van der Waals surface area contributed by atoms with Crippen LogP contribution in [0.4, 0.5) is 12.9 Å². The zero-order valence-electron chi connectivity index (χ0n) is 7.68. The van der Waals surface area contributed by atoms with Crippen molar-refractivity contribution >= 4 is 6.98 Å². The van der Waals surface area contributed by atoms with E-state index in [1.807, 2.05) is 6.92 Å². The van der Waals surface area contributed by atoms with Crippen LogP contribution in [0.25, 0.3) is 0 Å². The molecule has 0 aromatic carbocycles. The summed E-state index contributed by atoms with van der Waals surface area (Å²) in [6, 6.07) is 0. The second-order valence-corrected chi connectivity index (χ2v) is 3.50. The maximum atomic E-state index is 12.1. The minimum absolute atomic E-state index is 0.0827. The third kappa shape index (κ3) is 4.52. The molecule has 0 aromatic rings. The zero-order chi connectivity index (χ0) is 9.90. The topological polar surface area (TPSA) is 12.5 Å². The minimum atomic E-state index is -4.69. The van der Waals surface area contributed by atoms with E-state index in [9.17, 15) is 12.9 Å². The molecular formula is C7H14BF3NO-. The van der Waals surface area contributed by atoms with Crippen LogP contribution in [0.15, 0.2) is 0 Å². The Labute approximate surface area is 76.1 Å². The highest BCUT2D eigenvalue weighted by molar-refractivity contribution is 6.58. The molecule has 0 spiro atoms. The second kappa shape index (κ2) is 4.33. The lowest BCUT2D eigenvalue weighted by molar-refractivity contribution is 0.0689. The smallest absolute Gasteiger partial charge is 0.448 e. The van der Waals surface area contributed by atoms with Crippen LogP contribution < -0.4 is 0 Å². The monoisotopic (exact) mass is 196 g/mol. The molecule has 2 nitrogen and oxygen atoms in total. The van der Waals surface area contributed by atoms with E-state index in [0.717, 1.165) is 0 Å². The standard InChI is InChI=1S/C7H14BF3NO/c1-7-5-12(3-2-4-13-7)6-8(9,10)11/h7H,2-6H2,1H3/q-1. The summed E-state index contributed by atoms with van der Waals surface area (Å²) in [5, 5.41) is 0. The van der Waals surface area contributed by atoms with Gasteiger partial charge in [0.05, 0.1) is 6.10 Å². The predicted molar refractivity (Wildman–Crippen MR) is 45.5 cm³/mol. The molecule has 0 bridgehead atoms. The molecule has 13 heavy (non-hydrogen) atoms. The lowest BCUT2D eigenvalue weighted by atomic mass is 9.91. The van der Waals surface area contributed by atoms with Crippen LogP contribution in [-0.2, 0) is 4.74 Å². The molecule has 78 valence electrons. The van der Waals surface area contributed by atoms with Crippen LogP contribution in [0.3, 0.4) is 0 Å². The number of nitrogens with zero attached hydrogens (tertiary/aromatic N) is 1. The van der Waals surface area contributed by atoms with Gasteiger partial charge in [-0.3, -0.25) is 0 Å². The molecule has 1 atom stereocenters. The van der Waals surface area contributed by atoms with Gasteiger partial charge >= 0.3 is 6.98 Å². The fraction of sp³-hybridized carbons (Fsp3) is 1.00. The van der Waals surface area contributed by atoms with E-state index in [-0.39, 0.29) is 6.10 Å². The maximum Gasteiger partial charge on any atom is 0.492 e. The number of halogens is 3. The van der Waals surface area contributed by atoms with Crippen molar-refractivity contribution in [3.8, 4) is 0 Å². The highest BCUT2D eigenvalue weighted by Crippen LogP contribution is 2.13. The van der Waals surface area contributed by atoms with E-state index < -0.39 is 13.4 Å². The Morgan fingerprint density at radius 1 is 1.46 bits per heavy atom. The van der Waals surface area contributed by atoms with Crippen LogP contribution in [0.1, 0.15) is 13.3 Å². The average molecular weight is 196 g/mol. The lowest BCUT2D eigenvalue weighted by Gasteiger charge is -2.27. The van der Waals surface area contributed by atoms with Gasteiger partial charge in [-0.25, -0.2) is 0 Å². The Kier molecular flexibility index (Phi) is 3.61. The molecule has 0 N–H and O–H groups in total. The molecule has 1 rings (SSSR count). The molecule has 1 heterocycles. The molecular weight excluding hydrogens is 182 g/mol. The average Bonchev–Trinajstić information content (AvgIpc) is 2.10. The van der Waals surface area contributed by atoms with Gasteiger partial charge in [0.1, 0.15) is 0 Å². The van der Waals surface area contributed by atoms with Gasteiger partial charge in [-0.15, -0.1) is 0 Å². The fourth-order valence-electron chi connectivity index (χ4n) is 1.54. The van der Waals surface area contributed by atoms with Gasteiger partial charge < -0.3 is 22.6 Å². The van der Waals surface area contributed by atoms with Crippen molar-refractivity contribution < 1.29 is 17.7 Å². The number of rotatable bonds is 2. The van der Waals surface area contributed by atoms with Crippen LogP contribution in [-0.4, -0.2) is 44.1 Å². The Hall–Kier alpha value is -0.225. The molecule has 0 aromatic heterocycles. The molecule has 1 saturated heterocycles. The van der Waals surface area contributed by atoms with E-state index >= 15 is 0 Å². The van der Waals surface area contributed by atoms with E-state index in [0.29, 0.717) is 26.1 Å². The van der Waals surface area contributed by atoms with E-state index in [1.54, 1.807) is 0 Å². The Balaban J connectivity index is 2.39. The summed E-state index contributed by atoms with van der Waals surface area (Å²) >= 11 is 0. The Morgan fingerprint density at radius 2 is 2.15 bits per heavy atom. The number of hydrogen-bond donors (Lipinski definition) is 0. The molecule has 1 aliphatic heterocycles. The molecule has 1 aliphatic rings. The first-order valence-electron chi connectivity index (χ1n) is 4.52. The van der Waals surface area contributed by atoms with Crippen molar-refractivity contribution in [3.63, 3.8) is 0 Å². The van der Waals surface area contributed by atoms with Crippen molar-refractivity contribution in [1.29, 1.82) is 0 Å². The van der Waals surface area contributed by atoms with E-state index in [4.69, 9.17) is 4.74 Å². The first-order chi connectivity index (χ1) is 5.97. The summed E-state index contributed by atoms with van der Waals surface area (Å²) in [5.41, 5.74) is 0. The van der Waals surface area contributed by atoms with Crippen LogP contribution in [0.2, 0.25) is 0 Å². The molecule has 0 aliphatic carbocycles. The highest BCUT2D eigenvalue weighted by atomic mass is 19.4. The second-order valence-electron chi connectivity index (χ2n) is 3.50. The van der Waals surface area contributed by atoms with Gasteiger partial charge in [-0.2, -0.15) is 0 Å². The molecule has 6 heteroatoms. The van der Waals surface area contributed by atoms with Gasteiger partial charge in [0.15, 0.2) is 0 Å². The zero-order valence-corrected chi connectivity index (χ0v) is 7.68. The molecule has 1 fully saturated rings. The molecule has 0 radical (unpaired) electrons. The van der Waals surface area contributed by atoms with Crippen LogP contribution >= 0.6 is 0 Å². The third-order valence-electron chi connectivity index (χ3n) is 2.00. The van der Waals surface area contributed by atoms with Crippen molar-refractivity contribution in [2.45, 2.75) is 19.4 Å². The number of ether oxygens (including phenoxy) is 1. The Morgan fingerprint density at radius 3 is 2.77 bits per heavy atom. The van der Waals surface area contributed by atoms with Crippen molar-refractivity contribution in [1.82, 2.24) is 4.90 Å². The van der Waals surface area contributed by atoms with Crippen molar-refractivity contribution in [2.75, 3.05) is 26.1 Å². The summed E-state index contributed by atoms with van der Waals surface area (Å²) in [7, 11) is 0. The van der Waals surface area contributed by atoms with Crippen molar-refractivity contribution in [2.24, 2.45) is 0 Å².